The lowest BCUT2D eigenvalue weighted by Crippen LogP contribution is -2.24. The third-order valence-electron chi connectivity index (χ3n) is 3.19. The molecule has 0 fully saturated rings. The van der Waals surface area contributed by atoms with Crippen LogP contribution in [0.3, 0.4) is 0 Å². The second-order valence-corrected chi connectivity index (χ2v) is 6.03. The highest BCUT2D eigenvalue weighted by Crippen LogP contribution is 2.13. The predicted molar refractivity (Wildman–Crippen MR) is 81.8 cm³/mol. The van der Waals surface area contributed by atoms with Crippen molar-refractivity contribution in [3.8, 4) is 0 Å². The van der Waals surface area contributed by atoms with Gasteiger partial charge in [-0.05, 0) is 38.5 Å². The molecule has 0 saturated carbocycles. The van der Waals surface area contributed by atoms with E-state index in [0.29, 0.717) is 12.1 Å². The molecule has 22 heavy (non-hydrogen) atoms. The zero-order valence-electron chi connectivity index (χ0n) is 12.8. The molecule has 6 nitrogen and oxygen atoms in total. The van der Waals surface area contributed by atoms with Gasteiger partial charge in [0.25, 0.3) is 5.91 Å². The van der Waals surface area contributed by atoms with Gasteiger partial charge >= 0.3 is 5.97 Å². The molecule has 2 aromatic rings. The number of carboxylic acid groups (broad SMARTS) is 1. The van der Waals surface area contributed by atoms with Crippen molar-refractivity contribution >= 4 is 11.9 Å². The fourth-order valence-electron chi connectivity index (χ4n) is 1.86. The predicted octanol–water partition coefficient (Wildman–Crippen LogP) is 2.27. The van der Waals surface area contributed by atoms with Crippen molar-refractivity contribution < 1.29 is 14.7 Å². The maximum atomic E-state index is 12.1. The van der Waals surface area contributed by atoms with Gasteiger partial charge < -0.3 is 10.4 Å². The van der Waals surface area contributed by atoms with Gasteiger partial charge in [0.15, 0.2) is 0 Å². The number of aromatic carboxylic acids is 1. The largest absolute Gasteiger partial charge is 0.478 e. The topological polar surface area (TPSA) is 84.2 Å². The molecule has 0 atom stereocenters. The van der Waals surface area contributed by atoms with Gasteiger partial charge in [0.2, 0.25) is 0 Å². The Morgan fingerprint density at radius 3 is 2.32 bits per heavy atom. The average molecular weight is 301 g/mol. The molecule has 0 aliphatic carbocycles. The number of aromatic nitrogens is 2. The molecule has 0 spiro atoms. The number of rotatable bonds is 4. The van der Waals surface area contributed by atoms with Gasteiger partial charge in [0.05, 0.1) is 22.9 Å². The van der Waals surface area contributed by atoms with E-state index in [1.54, 1.807) is 23.0 Å². The average Bonchev–Trinajstić information content (AvgIpc) is 2.95. The third kappa shape index (κ3) is 3.72. The molecular formula is C16H19N3O3. The van der Waals surface area contributed by atoms with Crippen LogP contribution in [-0.2, 0) is 12.1 Å². The van der Waals surface area contributed by atoms with Crippen molar-refractivity contribution in [3.63, 3.8) is 0 Å². The molecule has 0 radical (unpaired) electrons. The monoisotopic (exact) mass is 301 g/mol. The van der Waals surface area contributed by atoms with Gasteiger partial charge in [0.1, 0.15) is 0 Å². The molecule has 2 N–H and O–H groups in total. The smallest absolute Gasteiger partial charge is 0.335 e. The van der Waals surface area contributed by atoms with E-state index in [0.717, 1.165) is 5.56 Å². The highest BCUT2D eigenvalue weighted by Gasteiger charge is 2.16. The summed E-state index contributed by atoms with van der Waals surface area (Å²) in [6.07, 6.45) is 3.25. The lowest BCUT2D eigenvalue weighted by molar-refractivity contribution is 0.0696. The summed E-state index contributed by atoms with van der Waals surface area (Å²) in [4.78, 5) is 22.8. The molecule has 0 saturated heterocycles. The van der Waals surface area contributed by atoms with E-state index in [9.17, 15) is 9.59 Å². The minimum absolute atomic E-state index is 0.175. The lowest BCUT2D eigenvalue weighted by atomic mass is 10.1. The summed E-state index contributed by atoms with van der Waals surface area (Å²) in [5, 5.41) is 15.8. The van der Waals surface area contributed by atoms with Crippen molar-refractivity contribution in [2.24, 2.45) is 0 Å². The SMILES string of the molecule is CC(C)(C)n1cc(C(=O)NCc2ccc(C(=O)O)cc2)cn1. The zero-order chi connectivity index (χ0) is 16.3. The Labute approximate surface area is 128 Å². The van der Waals surface area contributed by atoms with E-state index in [-0.39, 0.29) is 17.0 Å². The molecule has 1 aromatic heterocycles. The summed E-state index contributed by atoms with van der Waals surface area (Å²) in [7, 11) is 0. The maximum absolute atomic E-state index is 12.1. The number of benzene rings is 1. The van der Waals surface area contributed by atoms with Gasteiger partial charge in [-0.15, -0.1) is 0 Å². The molecule has 1 aromatic carbocycles. The Morgan fingerprint density at radius 2 is 1.82 bits per heavy atom. The van der Waals surface area contributed by atoms with Crippen molar-refractivity contribution in [1.82, 2.24) is 15.1 Å². The number of carbonyl (C=O) groups is 2. The molecule has 0 aliphatic rings. The first-order valence-corrected chi connectivity index (χ1v) is 6.93. The second-order valence-electron chi connectivity index (χ2n) is 6.03. The molecule has 0 aliphatic heterocycles. The van der Waals surface area contributed by atoms with E-state index in [4.69, 9.17) is 5.11 Å². The van der Waals surface area contributed by atoms with Crippen LogP contribution in [0.15, 0.2) is 36.7 Å². The van der Waals surface area contributed by atoms with Crippen LogP contribution in [0.25, 0.3) is 0 Å². The Morgan fingerprint density at radius 1 is 1.18 bits per heavy atom. The number of amides is 1. The highest BCUT2D eigenvalue weighted by atomic mass is 16.4. The number of hydrogen-bond acceptors (Lipinski definition) is 3. The Kier molecular flexibility index (Phi) is 4.30. The fraction of sp³-hybridized carbons (Fsp3) is 0.312. The summed E-state index contributed by atoms with van der Waals surface area (Å²) >= 11 is 0. The summed E-state index contributed by atoms with van der Waals surface area (Å²) in [6.45, 7) is 6.35. The van der Waals surface area contributed by atoms with E-state index < -0.39 is 5.97 Å². The summed E-state index contributed by atoms with van der Waals surface area (Å²) in [5.74, 6) is -1.18. The Hall–Kier alpha value is -2.63. The molecule has 1 amide bonds. The standard InChI is InChI=1S/C16H19N3O3/c1-16(2,3)19-10-13(9-18-19)14(20)17-8-11-4-6-12(7-5-11)15(21)22/h4-7,9-10H,8H2,1-3H3,(H,17,20)(H,21,22). The van der Waals surface area contributed by atoms with Crippen LogP contribution in [0.2, 0.25) is 0 Å². The number of carbonyl (C=O) groups excluding carboxylic acids is 1. The minimum atomic E-state index is -0.967. The number of hydrogen-bond donors (Lipinski definition) is 2. The highest BCUT2D eigenvalue weighted by molar-refractivity contribution is 5.93. The fourth-order valence-corrected chi connectivity index (χ4v) is 1.86. The van der Waals surface area contributed by atoms with Crippen LogP contribution < -0.4 is 5.32 Å². The van der Waals surface area contributed by atoms with Crippen molar-refractivity contribution in [2.75, 3.05) is 0 Å². The van der Waals surface area contributed by atoms with Gasteiger partial charge in [-0.1, -0.05) is 12.1 Å². The van der Waals surface area contributed by atoms with Crippen molar-refractivity contribution in [1.29, 1.82) is 0 Å². The van der Waals surface area contributed by atoms with Crippen LogP contribution in [0.4, 0.5) is 0 Å². The van der Waals surface area contributed by atoms with Crippen LogP contribution in [0.5, 0.6) is 0 Å². The van der Waals surface area contributed by atoms with Gasteiger partial charge in [0, 0.05) is 12.7 Å². The number of nitrogens with zero attached hydrogens (tertiary/aromatic N) is 2. The van der Waals surface area contributed by atoms with E-state index in [2.05, 4.69) is 10.4 Å². The van der Waals surface area contributed by atoms with E-state index in [1.807, 2.05) is 20.8 Å². The Balaban J connectivity index is 1.98. The first kappa shape index (κ1) is 15.8. The number of carboxylic acids is 1. The van der Waals surface area contributed by atoms with Gasteiger partial charge in [-0.2, -0.15) is 5.10 Å². The zero-order valence-corrected chi connectivity index (χ0v) is 12.8. The molecule has 0 unspecified atom stereocenters. The quantitative estimate of drug-likeness (QED) is 0.907. The molecule has 2 rings (SSSR count). The summed E-state index contributed by atoms with van der Waals surface area (Å²) in [6, 6.07) is 6.40. The van der Waals surface area contributed by atoms with Crippen LogP contribution >= 0.6 is 0 Å². The van der Waals surface area contributed by atoms with Crippen LogP contribution in [-0.4, -0.2) is 26.8 Å². The van der Waals surface area contributed by atoms with E-state index >= 15 is 0 Å². The maximum Gasteiger partial charge on any atom is 0.335 e. The first-order valence-electron chi connectivity index (χ1n) is 6.93. The second kappa shape index (κ2) is 6.01. The molecule has 1 heterocycles. The first-order chi connectivity index (χ1) is 10.3. The summed E-state index contributed by atoms with van der Waals surface area (Å²) in [5.41, 5.74) is 1.38. The normalized spacial score (nSPS) is 11.2. The summed E-state index contributed by atoms with van der Waals surface area (Å²) < 4.78 is 1.74. The minimum Gasteiger partial charge on any atom is -0.478 e. The molecule has 0 bridgehead atoms. The van der Waals surface area contributed by atoms with Gasteiger partial charge in [-0.3, -0.25) is 9.48 Å². The van der Waals surface area contributed by atoms with Crippen LogP contribution in [0, 0.1) is 0 Å². The molecular weight excluding hydrogens is 282 g/mol. The number of nitrogens with one attached hydrogen (secondary N) is 1. The molecule has 6 heteroatoms. The third-order valence-corrected chi connectivity index (χ3v) is 3.19. The Bertz CT molecular complexity index is 681. The lowest BCUT2D eigenvalue weighted by Gasteiger charge is -2.18. The van der Waals surface area contributed by atoms with Gasteiger partial charge in [-0.25, -0.2) is 4.79 Å². The van der Waals surface area contributed by atoms with E-state index in [1.165, 1.54) is 18.3 Å². The van der Waals surface area contributed by atoms with Crippen molar-refractivity contribution in [2.45, 2.75) is 32.9 Å². The van der Waals surface area contributed by atoms with Crippen molar-refractivity contribution in [3.05, 3.63) is 53.3 Å². The van der Waals surface area contributed by atoms with Crippen LogP contribution in [0.1, 0.15) is 47.1 Å². The molecule has 116 valence electrons.